The van der Waals surface area contributed by atoms with Gasteiger partial charge in [0.1, 0.15) is 5.75 Å². The summed E-state index contributed by atoms with van der Waals surface area (Å²) in [5, 5.41) is 13.0. The van der Waals surface area contributed by atoms with Crippen LogP contribution in [-0.2, 0) is 9.53 Å². The lowest BCUT2D eigenvalue weighted by Crippen LogP contribution is -2.39. The van der Waals surface area contributed by atoms with Gasteiger partial charge in [0, 0.05) is 31.5 Å². The van der Waals surface area contributed by atoms with Gasteiger partial charge in [-0.05, 0) is 92.8 Å². The van der Waals surface area contributed by atoms with Crippen LogP contribution in [0.2, 0.25) is 0 Å². The Morgan fingerprint density at radius 3 is 2.47 bits per heavy atom. The number of carboxylic acids is 1. The molecule has 1 aliphatic carbocycles. The monoisotopic (exact) mass is 466 g/mol. The van der Waals surface area contributed by atoms with Gasteiger partial charge < -0.3 is 24.8 Å². The molecule has 1 aliphatic heterocycles. The highest BCUT2D eigenvalue weighted by Gasteiger charge is 2.24. The summed E-state index contributed by atoms with van der Waals surface area (Å²) in [4.78, 5) is 13.9. The van der Waals surface area contributed by atoms with Gasteiger partial charge >= 0.3 is 5.97 Å². The molecule has 0 unspecified atom stereocenters. The molecule has 4 rings (SSSR count). The van der Waals surface area contributed by atoms with E-state index in [-0.39, 0.29) is 12.3 Å². The second-order valence-electron chi connectivity index (χ2n) is 9.51. The molecule has 2 aromatic carbocycles. The molecule has 2 N–H and O–H groups in total. The van der Waals surface area contributed by atoms with Crippen molar-refractivity contribution in [2.45, 2.75) is 64.3 Å². The van der Waals surface area contributed by atoms with Crippen molar-refractivity contribution in [2.75, 3.05) is 36.6 Å². The fourth-order valence-corrected chi connectivity index (χ4v) is 4.78. The van der Waals surface area contributed by atoms with E-state index < -0.39 is 5.97 Å². The molecule has 0 aromatic heterocycles. The largest absolute Gasteiger partial charge is 0.493 e. The quantitative estimate of drug-likeness (QED) is 0.388. The molecule has 0 spiro atoms. The summed E-state index contributed by atoms with van der Waals surface area (Å²) in [5.74, 6) is 0.856. The second-order valence-corrected chi connectivity index (χ2v) is 9.51. The van der Waals surface area contributed by atoms with Crippen molar-refractivity contribution in [3.05, 3.63) is 48.0 Å². The first-order chi connectivity index (χ1) is 16.6. The van der Waals surface area contributed by atoms with Crippen molar-refractivity contribution in [3.63, 3.8) is 0 Å². The summed E-state index contributed by atoms with van der Waals surface area (Å²) < 4.78 is 11.5. The molecular weight excluding hydrogens is 428 g/mol. The van der Waals surface area contributed by atoms with Gasteiger partial charge in [0.25, 0.3) is 0 Å². The molecule has 0 amide bonds. The Morgan fingerprint density at radius 2 is 1.85 bits per heavy atom. The van der Waals surface area contributed by atoms with E-state index in [1.807, 2.05) is 12.1 Å². The van der Waals surface area contributed by atoms with E-state index in [2.05, 4.69) is 54.4 Å². The standard InChI is InChI=1S/C28H38N2O4/c1-3-21(18-28(31)32)22-7-12-27(30(4-2)24-13-15-33-16-14-24)26(17-22)29-23-8-10-25(11-9-23)34-19-20-5-6-20/h7-12,17,20-21,24,29H,3-6,13-16,18-19H2,1-2H3,(H,31,32)/t21-/m0/s1. The Labute approximate surface area is 203 Å². The molecule has 1 atom stereocenters. The van der Waals surface area contributed by atoms with Crippen LogP contribution in [0.4, 0.5) is 17.1 Å². The van der Waals surface area contributed by atoms with Crippen molar-refractivity contribution in [3.8, 4) is 5.75 Å². The first kappa shape index (κ1) is 24.4. The summed E-state index contributed by atoms with van der Waals surface area (Å²) in [7, 11) is 0. The Morgan fingerprint density at radius 1 is 1.12 bits per heavy atom. The van der Waals surface area contributed by atoms with E-state index >= 15 is 0 Å². The minimum atomic E-state index is -0.760. The SMILES string of the molecule is CC[C@@H](CC(=O)O)c1ccc(N(CC)C2CCOCC2)c(Nc2ccc(OCC3CC3)cc2)c1. The van der Waals surface area contributed by atoms with Crippen LogP contribution in [0.5, 0.6) is 5.75 Å². The summed E-state index contributed by atoms with van der Waals surface area (Å²) in [6.07, 6.45) is 5.51. The third kappa shape index (κ3) is 6.44. The van der Waals surface area contributed by atoms with Gasteiger partial charge in [-0.2, -0.15) is 0 Å². The number of nitrogens with zero attached hydrogens (tertiary/aromatic N) is 1. The van der Waals surface area contributed by atoms with Crippen LogP contribution < -0.4 is 15.0 Å². The molecule has 0 bridgehead atoms. The van der Waals surface area contributed by atoms with Crippen LogP contribution in [0, 0.1) is 5.92 Å². The van der Waals surface area contributed by atoms with E-state index in [0.29, 0.717) is 6.04 Å². The Balaban J connectivity index is 1.60. The van der Waals surface area contributed by atoms with E-state index in [1.54, 1.807) is 0 Å². The Hall–Kier alpha value is -2.73. The summed E-state index contributed by atoms with van der Waals surface area (Å²) >= 11 is 0. The number of carboxylic acid groups (broad SMARTS) is 1. The molecule has 2 fully saturated rings. The van der Waals surface area contributed by atoms with Gasteiger partial charge in [0.05, 0.1) is 24.4 Å². The number of nitrogens with one attached hydrogen (secondary N) is 1. The molecule has 0 radical (unpaired) electrons. The number of benzene rings is 2. The third-order valence-corrected chi connectivity index (χ3v) is 7.00. The van der Waals surface area contributed by atoms with Gasteiger partial charge in [0.15, 0.2) is 0 Å². The average molecular weight is 467 g/mol. The second kappa shape index (κ2) is 11.6. The summed E-state index contributed by atoms with van der Waals surface area (Å²) in [6, 6.07) is 15.0. The van der Waals surface area contributed by atoms with Crippen LogP contribution in [0.3, 0.4) is 0 Å². The lowest BCUT2D eigenvalue weighted by Gasteiger charge is -2.37. The lowest BCUT2D eigenvalue weighted by molar-refractivity contribution is -0.137. The molecule has 1 saturated carbocycles. The zero-order valence-electron chi connectivity index (χ0n) is 20.5. The van der Waals surface area contributed by atoms with Gasteiger partial charge in [-0.1, -0.05) is 13.0 Å². The highest BCUT2D eigenvalue weighted by molar-refractivity contribution is 5.77. The van der Waals surface area contributed by atoms with Crippen molar-refractivity contribution < 1.29 is 19.4 Å². The highest BCUT2D eigenvalue weighted by Crippen LogP contribution is 2.37. The first-order valence-corrected chi connectivity index (χ1v) is 12.8. The molecule has 2 aliphatic rings. The number of rotatable bonds is 12. The van der Waals surface area contributed by atoms with E-state index in [4.69, 9.17) is 9.47 Å². The Bertz CT molecular complexity index is 936. The first-order valence-electron chi connectivity index (χ1n) is 12.8. The van der Waals surface area contributed by atoms with E-state index in [9.17, 15) is 9.90 Å². The number of anilines is 3. The number of ether oxygens (including phenoxy) is 2. The van der Waals surface area contributed by atoms with Crippen LogP contribution in [0.1, 0.15) is 63.9 Å². The molecule has 34 heavy (non-hydrogen) atoms. The molecule has 6 heteroatoms. The molecule has 6 nitrogen and oxygen atoms in total. The normalized spacial score (nSPS) is 17.2. The minimum absolute atomic E-state index is 0.0107. The van der Waals surface area contributed by atoms with Crippen molar-refractivity contribution in [1.29, 1.82) is 0 Å². The van der Waals surface area contributed by atoms with E-state index in [0.717, 1.165) is 79.9 Å². The molecule has 1 heterocycles. The number of hydrogen-bond acceptors (Lipinski definition) is 5. The van der Waals surface area contributed by atoms with Gasteiger partial charge in [-0.15, -0.1) is 0 Å². The minimum Gasteiger partial charge on any atom is -0.493 e. The predicted molar refractivity (Wildman–Crippen MR) is 137 cm³/mol. The molecule has 1 saturated heterocycles. The maximum Gasteiger partial charge on any atom is 0.303 e. The maximum atomic E-state index is 11.4. The maximum absolute atomic E-state index is 11.4. The Kier molecular flexibility index (Phi) is 8.33. The summed E-state index contributed by atoms with van der Waals surface area (Å²) in [5.41, 5.74) is 4.22. The van der Waals surface area contributed by atoms with Crippen LogP contribution in [0.15, 0.2) is 42.5 Å². The van der Waals surface area contributed by atoms with E-state index in [1.165, 1.54) is 12.8 Å². The summed E-state index contributed by atoms with van der Waals surface area (Å²) in [6.45, 7) is 7.53. The fourth-order valence-electron chi connectivity index (χ4n) is 4.78. The predicted octanol–water partition coefficient (Wildman–Crippen LogP) is 6.19. The fraction of sp³-hybridized carbons (Fsp3) is 0.536. The van der Waals surface area contributed by atoms with Crippen LogP contribution >= 0.6 is 0 Å². The number of aliphatic carboxylic acids is 1. The van der Waals surface area contributed by atoms with Crippen LogP contribution in [0.25, 0.3) is 0 Å². The molecular formula is C28H38N2O4. The zero-order valence-corrected chi connectivity index (χ0v) is 20.5. The number of carbonyl (C=O) groups is 1. The van der Waals surface area contributed by atoms with Crippen molar-refractivity contribution in [1.82, 2.24) is 0 Å². The number of hydrogen-bond donors (Lipinski definition) is 2. The lowest BCUT2D eigenvalue weighted by atomic mass is 9.92. The average Bonchev–Trinajstić information content (AvgIpc) is 3.69. The zero-order chi connectivity index (χ0) is 23.9. The smallest absolute Gasteiger partial charge is 0.303 e. The van der Waals surface area contributed by atoms with Crippen molar-refractivity contribution >= 4 is 23.0 Å². The van der Waals surface area contributed by atoms with Gasteiger partial charge in [-0.3, -0.25) is 4.79 Å². The molecule has 2 aromatic rings. The van der Waals surface area contributed by atoms with Gasteiger partial charge in [0.2, 0.25) is 0 Å². The van der Waals surface area contributed by atoms with Crippen molar-refractivity contribution in [2.24, 2.45) is 5.92 Å². The van der Waals surface area contributed by atoms with Crippen LogP contribution in [-0.4, -0.2) is 43.5 Å². The third-order valence-electron chi connectivity index (χ3n) is 7.00. The van der Waals surface area contributed by atoms with Gasteiger partial charge in [-0.25, -0.2) is 0 Å². The highest BCUT2D eigenvalue weighted by atomic mass is 16.5. The molecule has 184 valence electrons. The topological polar surface area (TPSA) is 71.0 Å².